The number of carbonyl (C=O) groups excluding carboxylic acids is 1. The Hall–Kier alpha value is -2.64. The van der Waals surface area contributed by atoms with E-state index in [1.54, 1.807) is 13.1 Å². The monoisotopic (exact) mass is 263 g/mol. The largest absolute Gasteiger partial charge is 0.340 e. The van der Waals surface area contributed by atoms with E-state index in [2.05, 4.69) is 15.5 Å². The molecular formula is C11H13N5O3. The van der Waals surface area contributed by atoms with E-state index in [1.807, 2.05) is 6.92 Å². The summed E-state index contributed by atoms with van der Waals surface area (Å²) in [4.78, 5) is 22.1. The maximum absolute atomic E-state index is 12.0. The second kappa shape index (κ2) is 4.92. The molecule has 0 atom stereocenters. The second-order valence-corrected chi connectivity index (χ2v) is 4.04. The highest BCUT2D eigenvalue weighted by atomic mass is 16.6. The number of aromatic nitrogens is 3. The van der Waals surface area contributed by atoms with E-state index >= 15 is 0 Å². The Kier molecular flexibility index (Phi) is 3.32. The average molecular weight is 263 g/mol. The molecule has 0 aliphatic carbocycles. The van der Waals surface area contributed by atoms with Crippen LogP contribution in [-0.2, 0) is 13.5 Å². The van der Waals surface area contributed by atoms with Crippen molar-refractivity contribution in [3.05, 3.63) is 39.8 Å². The molecule has 2 heterocycles. The van der Waals surface area contributed by atoms with E-state index < -0.39 is 10.8 Å². The quantitative estimate of drug-likeness (QED) is 0.643. The molecule has 0 unspecified atom stereocenters. The van der Waals surface area contributed by atoms with Gasteiger partial charge in [-0.15, -0.1) is 0 Å². The number of anilines is 1. The van der Waals surface area contributed by atoms with Crippen LogP contribution in [0.15, 0.2) is 18.3 Å². The van der Waals surface area contributed by atoms with Crippen LogP contribution < -0.4 is 5.32 Å². The third-order valence-corrected chi connectivity index (χ3v) is 2.69. The summed E-state index contributed by atoms with van der Waals surface area (Å²) in [5.74, 6) is -0.0459. The van der Waals surface area contributed by atoms with Crippen molar-refractivity contribution in [3.63, 3.8) is 0 Å². The molecule has 0 fully saturated rings. The predicted molar refractivity (Wildman–Crippen MR) is 68.0 cm³/mol. The van der Waals surface area contributed by atoms with Crippen LogP contribution in [0, 0.1) is 10.1 Å². The lowest BCUT2D eigenvalue weighted by Crippen LogP contribution is -2.15. The van der Waals surface area contributed by atoms with Crippen LogP contribution in [0.3, 0.4) is 0 Å². The number of H-pyrrole nitrogens is 1. The molecule has 2 rings (SSSR count). The number of rotatable bonds is 4. The van der Waals surface area contributed by atoms with Gasteiger partial charge in [-0.3, -0.25) is 20.0 Å². The lowest BCUT2D eigenvalue weighted by molar-refractivity contribution is -0.384. The van der Waals surface area contributed by atoms with Crippen molar-refractivity contribution in [2.24, 2.45) is 7.05 Å². The molecule has 0 bridgehead atoms. The Labute approximate surface area is 108 Å². The number of hydrogen-bond donors (Lipinski definition) is 2. The molecule has 1 amide bonds. The number of aryl methyl sites for hydroxylation is 2. The Balaban J connectivity index is 2.17. The highest BCUT2D eigenvalue weighted by Crippen LogP contribution is 2.16. The number of nitrogens with zero attached hydrogens (tertiary/aromatic N) is 3. The Morgan fingerprint density at radius 2 is 2.32 bits per heavy atom. The zero-order chi connectivity index (χ0) is 14.0. The Morgan fingerprint density at radius 3 is 2.84 bits per heavy atom. The van der Waals surface area contributed by atoms with Gasteiger partial charge in [0.2, 0.25) is 0 Å². The fourth-order valence-electron chi connectivity index (χ4n) is 1.66. The number of aromatic amines is 1. The zero-order valence-electron chi connectivity index (χ0n) is 10.5. The van der Waals surface area contributed by atoms with Gasteiger partial charge in [-0.05, 0) is 6.42 Å². The molecule has 0 saturated carbocycles. The summed E-state index contributed by atoms with van der Waals surface area (Å²) in [6.45, 7) is 1.96. The van der Waals surface area contributed by atoms with Gasteiger partial charge in [0, 0.05) is 24.9 Å². The summed E-state index contributed by atoms with van der Waals surface area (Å²) in [7, 11) is 1.57. The zero-order valence-corrected chi connectivity index (χ0v) is 10.5. The minimum atomic E-state index is -0.541. The van der Waals surface area contributed by atoms with Crippen LogP contribution in [0.1, 0.15) is 23.1 Å². The van der Waals surface area contributed by atoms with Gasteiger partial charge in [-0.1, -0.05) is 6.92 Å². The van der Waals surface area contributed by atoms with Crippen molar-refractivity contribution in [1.29, 1.82) is 0 Å². The maximum atomic E-state index is 12.0. The van der Waals surface area contributed by atoms with Crippen LogP contribution in [0.2, 0.25) is 0 Å². The summed E-state index contributed by atoms with van der Waals surface area (Å²) in [5.41, 5.74) is 0.977. The first kappa shape index (κ1) is 12.8. The van der Waals surface area contributed by atoms with Gasteiger partial charge in [-0.2, -0.15) is 5.10 Å². The minimum absolute atomic E-state index is 0.121. The number of nitrogens with one attached hydrogen (secondary N) is 2. The summed E-state index contributed by atoms with van der Waals surface area (Å²) in [6, 6.07) is 2.94. The van der Waals surface area contributed by atoms with Crippen LogP contribution in [0.25, 0.3) is 0 Å². The lowest BCUT2D eigenvalue weighted by Gasteiger charge is -2.01. The second-order valence-electron chi connectivity index (χ2n) is 4.04. The van der Waals surface area contributed by atoms with Crippen LogP contribution in [0.4, 0.5) is 11.5 Å². The first-order valence-electron chi connectivity index (χ1n) is 5.67. The van der Waals surface area contributed by atoms with Crippen molar-refractivity contribution < 1.29 is 9.72 Å². The van der Waals surface area contributed by atoms with Crippen LogP contribution >= 0.6 is 0 Å². The fraction of sp³-hybridized carbons (Fsp3) is 0.273. The van der Waals surface area contributed by atoms with Crippen LogP contribution in [0.5, 0.6) is 0 Å². The first-order valence-corrected chi connectivity index (χ1v) is 5.67. The summed E-state index contributed by atoms with van der Waals surface area (Å²) in [6.07, 6.45) is 2.06. The molecule has 2 aromatic heterocycles. The van der Waals surface area contributed by atoms with Gasteiger partial charge in [-0.25, -0.2) is 0 Å². The molecule has 0 radical (unpaired) electrons. The number of nitro groups is 1. The van der Waals surface area contributed by atoms with Gasteiger partial charge in [0.1, 0.15) is 5.69 Å². The molecule has 2 N–H and O–H groups in total. The van der Waals surface area contributed by atoms with E-state index in [9.17, 15) is 14.9 Å². The molecule has 2 aromatic rings. The molecule has 0 spiro atoms. The molecule has 0 aromatic carbocycles. The first-order chi connectivity index (χ1) is 9.01. The smallest absolute Gasteiger partial charge is 0.287 e. The molecule has 0 aliphatic heterocycles. The van der Waals surface area contributed by atoms with Crippen molar-refractivity contribution in [2.75, 3.05) is 5.32 Å². The van der Waals surface area contributed by atoms with Gasteiger partial charge in [0.05, 0.1) is 11.1 Å². The van der Waals surface area contributed by atoms with E-state index in [1.165, 1.54) is 16.8 Å². The highest BCUT2D eigenvalue weighted by molar-refractivity contribution is 6.03. The van der Waals surface area contributed by atoms with E-state index in [0.29, 0.717) is 5.82 Å². The van der Waals surface area contributed by atoms with Crippen molar-refractivity contribution >= 4 is 17.4 Å². The Morgan fingerprint density at radius 1 is 1.58 bits per heavy atom. The van der Waals surface area contributed by atoms with Gasteiger partial charge in [0.15, 0.2) is 5.82 Å². The SMILES string of the molecule is CCc1cc(NC(=O)c2cc([N+](=O)[O-])cn2C)n[nH]1. The topological polar surface area (TPSA) is 106 Å². The predicted octanol–water partition coefficient (Wildman–Crippen LogP) is 1.47. The molecular weight excluding hydrogens is 250 g/mol. The molecule has 19 heavy (non-hydrogen) atoms. The van der Waals surface area contributed by atoms with Gasteiger partial charge < -0.3 is 9.88 Å². The molecule has 0 aliphatic rings. The molecule has 100 valence electrons. The third-order valence-electron chi connectivity index (χ3n) is 2.69. The molecule has 0 saturated heterocycles. The Bertz CT molecular complexity index is 628. The van der Waals surface area contributed by atoms with E-state index in [4.69, 9.17) is 0 Å². The van der Waals surface area contributed by atoms with Crippen molar-refractivity contribution in [3.8, 4) is 0 Å². The van der Waals surface area contributed by atoms with Crippen molar-refractivity contribution in [2.45, 2.75) is 13.3 Å². The minimum Gasteiger partial charge on any atom is -0.340 e. The third kappa shape index (κ3) is 2.62. The summed E-state index contributed by atoms with van der Waals surface area (Å²) >= 11 is 0. The molecule has 8 heteroatoms. The maximum Gasteiger partial charge on any atom is 0.287 e. The van der Waals surface area contributed by atoms with Crippen molar-refractivity contribution in [1.82, 2.24) is 14.8 Å². The summed E-state index contributed by atoms with van der Waals surface area (Å²) < 4.78 is 1.40. The van der Waals surface area contributed by atoms with Crippen LogP contribution in [-0.4, -0.2) is 25.6 Å². The fourth-order valence-corrected chi connectivity index (χ4v) is 1.66. The standard InChI is InChI=1S/C11H13N5O3/c1-3-7-4-10(14-13-7)12-11(17)9-5-8(16(18)19)6-15(9)2/h4-6H,3H2,1-2H3,(H2,12,13,14,17). The lowest BCUT2D eigenvalue weighted by atomic mass is 10.3. The molecule has 8 nitrogen and oxygen atoms in total. The summed E-state index contributed by atoms with van der Waals surface area (Å²) in [5, 5.41) is 19.9. The number of amides is 1. The van der Waals surface area contributed by atoms with Gasteiger partial charge in [0.25, 0.3) is 11.6 Å². The van der Waals surface area contributed by atoms with E-state index in [-0.39, 0.29) is 11.4 Å². The van der Waals surface area contributed by atoms with Gasteiger partial charge >= 0.3 is 0 Å². The normalized spacial score (nSPS) is 10.4. The van der Waals surface area contributed by atoms with E-state index in [0.717, 1.165) is 12.1 Å². The average Bonchev–Trinajstić information content (AvgIpc) is 2.95. The number of hydrogen-bond acceptors (Lipinski definition) is 4. The number of carbonyl (C=O) groups is 1. The highest BCUT2D eigenvalue weighted by Gasteiger charge is 2.18.